The van der Waals surface area contributed by atoms with Gasteiger partial charge in [0.2, 0.25) is 5.88 Å². The van der Waals surface area contributed by atoms with Crippen LogP contribution in [0.15, 0.2) is 18.3 Å². The number of fused-ring (bicyclic) bond motifs is 2. The van der Waals surface area contributed by atoms with Crippen molar-refractivity contribution in [2.45, 2.75) is 52.7 Å². The van der Waals surface area contributed by atoms with Crippen molar-refractivity contribution in [2.24, 2.45) is 16.7 Å². The number of aliphatic hydroxyl groups is 1. The van der Waals surface area contributed by atoms with Crippen molar-refractivity contribution in [1.29, 1.82) is 0 Å². The maximum absolute atomic E-state index is 9.37. The van der Waals surface area contributed by atoms with E-state index in [4.69, 9.17) is 4.74 Å². The van der Waals surface area contributed by atoms with E-state index in [-0.39, 0.29) is 18.1 Å². The Morgan fingerprint density at radius 3 is 2.79 bits per heavy atom. The Labute approximate surface area is 115 Å². The van der Waals surface area contributed by atoms with Gasteiger partial charge in [0.05, 0.1) is 6.61 Å². The quantitative estimate of drug-likeness (QED) is 0.908. The molecule has 0 amide bonds. The van der Waals surface area contributed by atoms with Gasteiger partial charge >= 0.3 is 0 Å². The summed E-state index contributed by atoms with van der Waals surface area (Å²) in [7, 11) is 0. The van der Waals surface area contributed by atoms with Crippen LogP contribution in [0.25, 0.3) is 0 Å². The summed E-state index contributed by atoms with van der Waals surface area (Å²) in [5, 5.41) is 9.37. The SMILES string of the molecule is CC1(C)C2CCC1(C)C(Oc1ncccc1CO)C2. The van der Waals surface area contributed by atoms with E-state index in [1.807, 2.05) is 12.1 Å². The topological polar surface area (TPSA) is 42.4 Å². The molecule has 0 saturated heterocycles. The van der Waals surface area contributed by atoms with Crippen molar-refractivity contribution in [1.82, 2.24) is 4.98 Å². The third kappa shape index (κ3) is 1.71. The van der Waals surface area contributed by atoms with Gasteiger partial charge in [0.25, 0.3) is 0 Å². The first-order chi connectivity index (χ1) is 8.99. The average molecular weight is 261 g/mol. The van der Waals surface area contributed by atoms with Crippen LogP contribution in [-0.4, -0.2) is 16.2 Å². The van der Waals surface area contributed by atoms with Crippen LogP contribution >= 0.6 is 0 Å². The number of hydrogen-bond acceptors (Lipinski definition) is 3. The second-order valence-electron chi connectivity index (χ2n) is 6.84. The lowest BCUT2D eigenvalue weighted by Crippen LogP contribution is -2.39. The molecule has 1 heterocycles. The summed E-state index contributed by atoms with van der Waals surface area (Å²) in [5.74, 6) is 1.36. The van der Waals surface area contributed by atoms with E-state index in [0.29, 0.717) is 11.3 Å². The van der Waals surface area contributed by atoms with Crippen molar-refractivity contribution in [3.63, 3.8) is 0 Å². The Kier molecular flexibility index (Phi) is 2.86. The Morgan fingerprint density at radius 1 is 1.42 bits per heavy atom. The Bertz CT molecular complexity index is 485. The molecule has 0 radical (unpaired) electrons. The van der Waals surface area contributed by atoms with E-state index in [0.717, 1.165) is 17.9 Å². The summed E-state index contributed by atoms with van der Waals surface area (Å²) in [6.45, 7) is 7.09. The first-order valence-corrected chi connectivity index (χ1v) is 7.20. The lowest BCUT2D eigenvalue weighted by Gasteiger charge is -2.38. The molecule has 3 heteroatoms. The highest BCUT2D eigenvalue weighted by atomic mass is 16.5. The molecule has 3 unspecified atom stereocenters. The van der Waals surface area contributed by atoms with Gasteiger partial charge in [-0.15, -0.1) is 0 Å². The van der Waals surface area contributed by atoms with Gasteiger partial charge in [0.1, 0.15) is 6.10 Å². The molecule has 2 bridgehead atoms. The first-order valence-electron chi connectivity index (χ1n) is 7.20. The molecule has 3 nitrogen and oxygen atoms in total. The highest BCUT2D eigenvalue weighted by Gasteiger charge is 2.62. The molecule has 1 aromatic heterocycles. The molecule has 1 N–H and O–H groups in total. The normalized spacial score (nSPS) is 35.6. The minimum atomic E-state index is -0.0145. The molecule has 3 rings (SSSR count). The molecule has 0 spiro atoms. The van der Waals surface area contributed by atoms with Crippen LogP contribution in [-0.2, 0) is 6.61 Å². The van der Waals surface area contributed by atoms with Gasteiger partial charge in [-0.2, -0.15) is 0 Å². The summed E-state index contributed by atoms with van der Waals surface area (Å²) < 4.78 is 6.20. The van der Waals surface area contributed by atoms with Crippen LogP contribution in [0.5, 0.6) is 5.88 Å². The predicted molar refractivity (Wildman–Crippen MR) is 73.8 cm³/mol. The van der Waals surface area contributed by atoms with E-state index >= 15 is 0 Å². The Balaban J connectivity index is 1.86. The molecule has 2 fully saturated rings. The summed E-state index contributed by atoms with van der Waals surface area (Å²) in [4.78, 5) is 4.29. The van der Waals surface area contributed by atoms with Crippen LogP contribution in [0.4, 0.5) is 0 Å². The second-order valence-corrected chi connectivity index (χ2v) is 6.84. The van der Waals surface area contributed by atoms with Crippen molar-refractivity contribution in [2.75, 3.05) is 0 Å². The number of aliphatic hydroxyl groups excluding tert-OH is 1. The van der Waals surface area contributed by atoms with Gasteiger partial charge < -0.3 is 9.84 Å². The van der Waals surface area contributed by atoms with Crippen LogP contribution in [0.1, 0.15) is 45.6 Å². The summed E-state index contributed by atoms with van der Waals surface area (Å²) in [6.07, 6.45) is 5.62. The standard InChI is InChI=1S/C16H23NO2/c1-15(2)12-6-7-16(15,3)13(9-12)19-14-11(10-18)5-4-8-17-14/h4-5,8,12-13,18H,6-7,9-10H2,1-3H3. The minimum absolute atomic E-state index is 0.0145. The molecule has 19 heavy (non-hydrogen) atoms. The average Bonchev–Trinajstić information content (AvgIpc) is 2.72. The molecular weight excluding hydrogens is 238 g/mol. The maximum atomic E-state index is 9.37. The van der Waals surface area contributed by atoms with Crippen molar-refractivity contribution >= 4 is 0 Å². The fraction of sp³-hybridized carbons (Fsp3) is 0.688. The van der Waals surface area contributed by atoms with Gasteiger partial charge in [0, 0.05) is 17.2 Å². The lowest BCUT2D eigenvalue weighted by atomic mass is 9.70. The maximum Gasteiger partial charge on any atom is 0.219 e. The number of aromatic nitrogens is 1. The molecule has 3 atom stereocenters. The smallest absolute Gasteiger partial charge is 0.219 e. The monoisotopic (exact) mass is 261 g/mol. The molecule has 104 valence electrons. The largest absolute Gasteiger partial charge is 0.473 e. The highest BCUT2D eigenvalue weighted by molar-refractivity contribution is 5.26. The van der Waals surface area contributed by atoms with E-state index in [2.05, 4.69) is 25.8 Å². The zero-order valence-corrected chi connectivity index (χ0v) is 12.0. The van der Waals surface area contributed by atoms with Crippen molar-refractivity contribution in [3.05, 3.63) is 23.9 Å². The zero-order chi connectivity index (χ0) is 13.7. The summed E-state index contributed by atoms with van der Waals surface area (Å²) in [6, 6.07) is 3.72. The third-order valence-electron chi connectivity index (χ3n) is 5.99. The lowest BCUT2D eigenvalue weighted by molar-refractivity contribution is 0.0259. The van der Waals surface area contributed by atoms with Crippen molar-refractivity contribution in [3.8, 4) is 5.88 Å². The number of rotatable bonds is 3. The van der Waals surface area contributed by atoms with E-state index in [9.17, 15) is 5.11 Å². The summed E-state index contributed by atoms with van der Waals surface area (Å²) in [5.41, 5.74) is 1.35. The fourth-order valence-corrected chi connectivity index (χ4v) is 4.09. The second kappa shape index (κ2) is 4.20. The number of pyridine rings is 1. The van der Waals surface area contributed by atoms with Crippen LogP contribution in [0.3, 0.4) is 0 Å². The van der Waals surface area contributed by atoms with Crippen molar-refractivity contribution < 1.29 is 9.84 Å². The van der Waals surface area contributed by atoms with Gasteiger partial charge in [-0.1, -0.05) is 20.8 Å². The van der Waals surface area contributed by atoms with Gasteiger partial charge in [0.15, 0.2) is 0 Å². The Morgan fingerprint density at radius 2 is 2.21 bits per heavy atom. The molecule has 2 aliphatic carbocycles. The Hall–Kier alpha value is -1.09. The number of nitrogens with zero attached hydrogens (tertiary/aromatic N) is 1. The van der Waals surface area contributed by atoms with Gasteiger partial charge in [-0.3, -0.25) is 0 Å². The van der Waals surface area contributed by atoms with E-state index < -0.39 is 0 Å². The molecule has 1 aromatic rings. The zero-order valence-electron chi connectivity index (χ0n) is 12.0. The van der Waals surface area contributed by atoms with E-state index in [1.165, 1.54) is 12.8 Å². The van der Waals surface area contributed by atoms with Gasteiger partial charge in [-0.05, 0) is 42.7 Å². The van der Waals surface area contributed by atoms with Crippen LogP contribution in [0, 0.1) is 16.7 Å². The first kappa shape index (κ1) is 12.9. The molecule has 0 aromatic carbocycles. The van der Waals surface area contributed by atoms with Crippen LogP contribution in [0.2, 0.25) is 0 Å². The predicted octanol–water partition coefficient (Wildman–Crippen LogP) is 3.17. The molecule has 2 aliphatic rings. The van der Waals surface area contributed by atoms with E-state index in [1.54, 1.807) is 6.20 Å². The van der Waals surface area contributed by atoms with Gasteiger partial charge in [-0.25, -0.2) is 4.98 Å². The fourth-order valence-electron chi connectivity index (χ4n) is 4.09. The molecular formula is C16H23NO2. The molecule has 0 aliphatic heterocycles. The summed E-state index contributed by atoms with van der Waals surface area (Å²) >= 11 is 0. The van der Waals surface area contributed by atoms with Crippen LogP contribution < -0.4 is 4.74 Å². The highest BCUT2D eigenvalue weighted by Crippen LogP contribution is 2.66. The number of hydrogen-bond donors (Lipinski definition) is 1. The molecule has 2 saturated carbocycles. The third-order valence-corrected chi connectivity index (χ3v) is 5.99. The minimum Gasteiger partial charge on any atom is -0.473 e. The number of ether oxygens (including phenoxy) is 1.